The molecule has 0 aromatic heterocycles. The Morgan fingerprint density at radius 1 is 0.773 bits per heavy atom. The standard InChI is InChI=1S/C5H5.3C4H10N.CH3.Ti/c1-2-4-5-3-1;3*1-3-5-4-2;;/h1-3H,4H2;3*3-4H2,1-2H3;1H3;/q;3*-1;;+3. The molecule has 0 fully saturated rings. The van der Waals surface area contributed by atoms with Crippen LogP contribution in [-0.2, 0) is 19.2 Å². The van der Waals surface area contributed by atoms with Crippen molar-refractivity contribution in [2.45, 2.75) is 53.2 Å². The van der Waals surface area contributed by atoms with Gasteiger partial charge >= 0.3 is 52.9 Å². The van der Waals surface area contributed by atoms with Gasteiger partial charge in [0.05, 0.1) is 0 Å². The van der Waals surface area contributed by atoms with Gasteiger partial charge in [-0.1, -0.05) is 41.5 Å². The quantitative estimate of drug-likeness (QED) is 0.496. The average molecular weight is 344 g/mol. The molecule has 0 bridgehead atoms. The molecule has 0 aliphatic heterocycles. The third-order valence-electron chi connectivity index (χ3n) is 2.43. The van der Waals surface area contributed by atoms with E-state index in [0.717, 1.165) is 39.3 Å². The Bertz CT molecular complexity index is 208. The van der Waals surface area contributed by atoms with Crippen LogP contribution in [0, 0.1) is 0 Å². The zero-order valence-corrected chi connectivity index (χ0v) is 17.6. The predicted octanol–water partition coefficient (Wildman–Crippen LogP) is 6.16. The van der Waals surface area contributed by atoms with Gasteiger partial charge in [0.2, 0.25) is 0 Å². The van der Waals surface area contributed by atoms with E-state index in [1.165, 1.54) is 6.42 Å². The molecule has 0 aromatic carbocycles. The van der Waals surface area contributed by atoms with E-state index < -0.39 is 0 Å². The van der Waals surface area contributed by atoms with E-state index in [1.54, 1.807) is 3.88 Å². The Morgan fingerprint density at radius 2 is 1.14 bits per heavy atom. The number of hydrogen-bond acceptors (Lipinski definition) is 0. The van der Waals surface area contributed by atoms with E-state index in [0.29, 0.717) is 19.2 Å². The Hall–Kier alpha value is 0.0743. The Balaban J connectivity index is -0.000000223. The van der Waals surface area contributed by atoms with Crippen LogP contribution in [0.25, 0.3) is 16.0 Å². The molecule has 0 radical (unpaired) electrons. The maximum absolute atomic E-state index is 3.97. The van der Waals surface area contributed by atoms with Gasteiger partial charge in [-0.05, 0) is 0 Å². The normalized spacial score (nSPS) is 11.0. The van der Waals surface area contributed by atoms with Crippen LogP contribution in [0.15, 0.2) is 22.1 Å². The van der Waals surface area contributed by atoms with Crippen LogP contribution in [0.5, 0.6) is 0 Å². The Kier molecular flexibility index (Phi) is 35.7. The van der Waals surface area contributed by atoms with Crippen molar-refractivity contribution in [3.05, 3.63) is 38.1 Å². The molecule has 0 amide bonds. The second kappa shape index (κ2) is 29.1. The van der Waals surface area contributed by atoms with Crippen molar-refractivity contribution in [2.75, 3.05) is 39.3 Å². The first-order chi connectivity index (χ1) is 10.7. The Morgan fingerprint density at radius 3 is 1.23 bits per heavy atom. The topological polar surface area (TPSA) is 42.3 Å². The van der Waals surface area contributed by atoms with Gasteiger partial charge in [-0.25, -0.2) is 0 Å². The summed E-state index contributed by atoms with van der Waals surface area (Å²) in [5.74, 6) is 0. The first-order valence-electron chi connectivity index (χ1n) is 8.61. The SMILES string of the molecule is CC[N-]CC.CC[N-]CC.CC[N-]CC.[CH3][Ti+3][C]1=CC=CC1. The molecular formula is C18H38N3Ti. The third-order valence-corrected chi connectivity index (χ3v) is 4.02. The summed E-state index contributed by atoms with van der Waals surface area (Å²) in [6.07, 6.45) is 7.88. The molecule has 1 rings (SSSR count). The minimum absolute atomic E-state index is 0.292. The van der Waals surface area contributed by atoms with Crippen molar-refractivity contribution < 1.29 is 19.2 Å². The van der Waals surface area contributed by atoms with Crippen LogP contribution in [0.4, 0.5) is 0 Å². The third kappa shape index (κ3) is 32.1. The van der Waals surface area contributed by atoms with Gasteiger partial charge in [-0.15, -0.1) is 0 Å². The van der Waals surface area contributed by atoms with Crippen molar-refractivity contribution in [1.29, 1.82) is 0 Å². The summed E-state index contributed by atoms with van der Waals surface area (Å²) >= 11 is 0.292. The maximum atomic E-state index is 3.97. The molecular weight excluding hydrogens is 306 g/mol. The summed E-state index contributed by atoms with van der Waals surface area (Å²) in [5.41, 5.74) is 0. The first-order valence-corrected chi connectivity index (χ1v) is 10.9. The summed E-state index contributed by atoms with van der Waals surface area (Å²) in [5, 5.41) is 14.2. The van der Waals surface area contributed by atoms with Gasteiger partial charge in [-0.3, -0.25) is 0 Å². The van der Waals surface area contributed by atoms with Gasteiger partial charge < -0.3 is 16.0 Å². The van der Waals surface area contributed by atoms with Crippen molar-refractivity contribution in [1.82, 2.24) is 0 Å². The molecule has 1 aliphatic carbocycles. The fourth-order valence-corrected chi connectivity index (χ4v) is 2.22. The number of allylic oxidation sites excluding steroid dienone is 4. The second-order valence-electron chi connectivity index (χ2n) is 4.14. The van der Waals surface area contributed by atoms with Gasteiger partial charge in [0.1, 0.15) is 0 Å². The second-order valence-corrected chi connectivity index (χ2v) is 5.93. The number of rotatable bonds is 7. The zero-order chi connectivity index (χ0) is 17.5. The molecule has 0 saturated heterocycles. The van der Waals surface area contributed by atoms with E-state index in [-0.39, 0.29) is 0 Å². The molecule has 4 heteroatoms. The summed E-state index contributed by atoms with van der Waals surface area (Å²) in [6, 6.07) is 0. The van der Waals surface area contributed by atoms with E-state index in [9.17, 15) is 0 Å². The fraction of sp³-hybridized carbons (Fsp3) is 0.778. The molecule has 0 heterocycles. The Labute approximate surface area is 149 Å². The molecule has 22 heavy (non-hydrogen) atoms. The molecule has 0 spiro atoms. The van der Waals surface area contributed by atoms with Crippen LogP contribution < -0.4 is 0 Å². The summed E-state index contributed by atoms with van der Waals surface area (Å²) < 4.78 is 1.68. The van der Waals surface area contributed by atoms with Crippen molar-refractivity contribution in [3.8, 4) is 0 Å². The van der Waals surface area contributed by atoms with Gasteiger partial charge in [0.25, 0.3) is 0 Å². The average Bonchev–Trinajstić information content (AvgIpc) is 3.05. The molecule has 129 valence electrons. The van der Waals surface area contributed by atoms with Crippen molar-refractivity contribution >= 4 is 0 Å². The fourth-order valence-electron chi connectivity index (χ4n) is 1.30. The molecule has 0 unspecified atom stereocenters. The predicted molar refractivity (Wildman–Crippen MR) is 101 cm³/mol. The summed E-state index contributed by atoms with van der Waals surface area (Å²) in [6.45, 7) is 18.1. The van der Waals surface area contributed by atoms with Crippen LogP contribution in [-0.4, -0.2) is 39.3 Å². The molecule has 3 nitrogen and oxygen atoms in total. The van der Waals surface area contributed by atoms with E-state index in [1.807, 2.05) is 41.5 Å². The van der Waals surface area contributed by atoms with Crippen LogP contribution in [0.1, 0.15) is 48.0 Å². The molecule has 0 atom stereocenters. The van der Waals surface area contributed by atoms with Crippen molar-refractivity contribution in [2.24, 2.45) is 0 Å². The van der Waals surface area contributed by atoms with E-state index in [4.69, 9.17) is 0 Å². The van der Waals surface area contributed by atoms with E-state index in [2.05, 4.69) is 39.4 Å². The minimum atomic E-state index is 0.292. The van der Waals surface area contributed by atoms with Crippen LogP contribution in [0.3, 0.4) is 0 Å². The molecule has 1 aliphatic rings. The molecule has 0 saturated carbocycles. The van der Waals surface area contributed by atoms with E-state index >= 15 is 0 Å². The van der Waals surface area contributed by atoms with Crippen LogP contribution >= 0.6 is 0 Å². The monoisotopic (exact) mass is 344 g/mol. The van der Waals surface area contributed by atoms with Gasteiger partial charge in [-0.2, -0.15) is 39.3 Å². The van der Waals surface area contributed by atoms with Gasteiger partial charge in [0.15, 0.2) is 0 Å². The zero-order valence-electron chi connectivity index (χ0n) is 16.0. The van der Waals surface area contributed by atoms with Crippen molar-refractivity contribution in [3.63, 3.8) is 0 Å². The molecule has 0 N–H and O–H groups in total. The number of nitrogens with zero attached hydrogens (tertiary/aromatic N) is 3. The van der Waals surface area contributed by atoms with Crippen LogP contribution in [0.2, 0.25) is 5.23 Å². The first kappa shape index (κ1) is 26.9. The summed E-state index contributed by atoms with van der Waals surface area (Å²) in [4.78, 5) is 0. The van der Waals surface area contributed by atoms with Gasteiger partial charge in [0, 0.05) is 0 Å². The molecule has 0 aromatic rings. The summed E-state index contributed by atoms with van der Waals surface area (Å²) in [7, 11) is 0. The number of hydrogen-bond donors (Lipinski definition) is 0.